The predicted octanol–water partition coefficient (Wildman–Crippen LogP) is 4.08. The molecule has 2 rings (SSSR count). The Bertz CT molecular complexity index is 534. The highest BCUT2D eigenvalue weighted by molar-refractivity contribution is 9.10. The highest BCUT2D eigenvalue weighted by Gasteiger charge is 2.15. The average Bonchev–Trinajstić information content (AvgIpc) is 2.87. The zero-order valence-corrected chi connectivity index (χ0v) is 13.5. The fourth-order valence-electron chi connectivity index (χ4n) is 1.67. The van der Waals surface area contributed by atoms with Gasteiger partial charge in [0.15, 0.2) is 11.5 Å². The van der Waals surface area contributed by atoms with Crippen LogP contribution in [0.4, 0.5) is 0 Å². The molecule has 0 spiro atoms. The highest BCUT2D eigenvalue weighted by atomic mass is 79.9. The summed E-state index contributed by atoms with van der Waals surface area (Å²) in [6.45, 7) is 2.37. The third-order valence-corrected chi connectivity index (χ3v) is 4.12. The number of rotatable bonds is 4. The summed E-state index contributed by atoms with van der Waals surface area (Å²) in [4.78, 5) is 1.08. The maximum absolute atomic E-state index is 9.86. The second-order valence-electron chi connectivity index (χ2n) is 3.78. The minimum atomic E-state index is -0.207. The molecule has 0 radical (unpaired) electrons. The number of thiophene rings is 1. The van der Waals surface area contributed by atoms with Gasteiger partial charge in [-0.05, 0) is 52.0 Å². The number of phenolic OH excluding ortho intramolecular Hbond substituents is 1. The summed E-state index contributed by atoms with van der Waals surface area (Å²) >= 11 is 4.93. The molecule has 1 atom stereocenters. The van der Waals surface area contributed by atoms with Gasteiger partial charge in [-0.3, -0.25) is 0 Å². The van der Waals surface area contributed by atoms with E-state index < -0.39 is 0 Å². The molecule has 2 aromatic rings. The van der Waals surface area contributed by atoms with Gasteiger partial charge < -0.3 is 15.6 Å². The highest BCUT2D eigenvalue weighted by Crippen LogP contribution is 2.38. The van der Waals surface area contributed by atoms with E-state index in [9.17, 15) is 5.11 Å². The molecule has 1 aromatic heterocycles. The van der Waals surface area contributed by atoms with Gasteiger partial charge in [0, 0.05) is 4.88 Å². The van der Waals surface area contributed by atoms with Crippen LogP contribution in [0, 0.1) is 0 Å². The lowest BCUT2D eigenvalue weighted by Gasteiger charge is -2.14. The molecular formula is C13H15BrClNO2S. The van der Waals surface area contributed by atoms with Crippen LogP contribution in [-0.4, -0.2) is 11.7 Å². The van der Waals surface area contributed by atoms with E-state index in [4.69, 9.17) is 10.5 Å². The number of phenols is 1. The fraction of sp³-hybridized carbons (Fsp3) is 0.231. The van der Waals surface area contributed by atoms with E-state index in [0.717, 1.165) is 10.4 Å². The van der Waals surface area contributed by atoms with Crippen molar-refractivity contribution in [1.82, 2.24) is 0 Å². The van der Waals surface area contributed by atoms with Crippen molar-refractivity contribution >= 4 is 39.7 Å². The minimum Gasteiger partial charge on any atom is -0.503 e. The van der Waals surface area contributed by atoms with Crippen molar-refractivity contribution in [2.45, 2.75) is 13.0 Å². The summed E-state index contributed by atoms with van der Waals surface area (Å²) in [5.74, 6) is 0.563. The van der Waals surface area contributed by atoms with Gasteiger partial charge >= 0.3 is 0 Å². The maximum atomic E-state index is 9.86. The first-order chi connectivity index (χ1) is 8.63. The summed E-state index contributed by atoms with van der Waals surface area (Å²) in [5, 5.41) is 11.8. The van der Waals surface area contributed by atoms with E-state index in [1.807, 2.05) is 30.5 Å². The molecule has 6 heteroatoms. The van der Waals surface area contributed by atoms with Gasteiger partial charge in [-0.1, -0.05) is 6.07 Å². The van der Waals surface area contributed by atoms with Crippen LogP contribution < -0.4 is 10.5 Å². The first kappa shape index (κ1) is 16.3. The molecular weight excluding hydrogens is 350 g/mol. The maximum Gasteiger partial charge on any atom is 0.172 e. The summed E-state index contributed by atoms with van der Waals surface area (Å²) in [6, 6.07) is 7.37. The Morgan fingerprint density at radius 3 is 2.79 bits per heavy atom. The van der Waals surface area contributed by atoms with Crippen molar-refractivity contribution < 1.29 is 9.84 Å². The van der Waals surface area contributed by atoms with Crippen LogP contribution in [0.1, 0.15) is 23.4 Å². The van der Waals surface area contributed by atoms with Gasteiger partial charge in [0.25, 0.3) is 0 Å². The molecule has 0 aliphatic carbocycles. The molecule has 1 aromatic carbocycles. The Balaban J connectivity index is 0.00000180. The van der Waals surface area contributed by atoms with Crippen LogP contribution in [0.3, 0.4) is 0 Å². The lowest BCUT2D eigenvalue weighted by atomic mass is 10.1. The monoisotopic (exact) mass is 363 g/mol. The molecule has 3 N–H and O–H groups in total. The molecule has 3 nitrogen and oxygen atoms in total. The lowest BCUT2D eigenvalue weighted by molar-refractivity contribution is 0.316. The van der Waals surface area contributed by atoms with Gasteiger partial charge in [0.05, 0.1) is 17.1 Å². The number of aromatic hydroxyl groups is 1. The van der Waals surface area contributed by atoms with Gasteiger partial charge in [0.1, 0.15) is 0 Å². The first-order valence-electron chi connectivity index (χ1n) is 5.57. The fourth-order valence-corrected chi connectivity index (χ4v) is 2.89. The van der Waals surface area contributed by atoms with Crippen molar-refractivity contribution in [1.29, 1.82) is 0 Å². The number of ether oxygens (including phenoxy) is 1. The summed E-state index contributed by atoms with van der Waals surface area (Å²) in [6.07, 6.45) is 0. The molecule has 0 saturated heterocycles. The molecule has 19 heavy (non-hydrogen) atoms. The van der Waals surface area contributed by atoms with E-state index in [2.05, 4.69) is 15.9 Å². The standard InChI is InChI=1S/C13H14BrNO2S.ClH/c1-2-17-10-7-8(6-9(14)13(10)16)12(15)11-4-3-5-18-11;/h3-7,12,16H,2,15H2,1H3;1H/t12-;/m1./s1. The topological polar surface area (TPSA) is 55.5 Å². The van der Waals surface area contributed by atoms with Gasteiger partial charge in [-0.25, -0.2) is 0 Å². The quantitative estimate of drug-likeness (QED) is 0.859. The number of halogens is 2. The van der Waals surface area contributed by atoms with Crippen LogP contribution in [0.15, 0.2) is 34.1 Å². The molecule has 0 unspecified atom stereocenters. The average molecular weight is 365 g/mol. The summed E-state index contributed by atoms with van der Waals surface area (Å²) < 4.78 is 5.99. The Labute approximate surface area is 130 Å². The van der Waals surface area contributed by atoms with Crippen LogP contribution in [0.25, 0.3) is 0 Å². The van der Waals surface area contributed by atoms with Crippen LogP contribution in [0.2, 0.25) is 0 Å². The minimum absolute atomic E-state index is 0. The number of benzene rings is 1. The molecule has 0 aliphatic heterocycles. The second kappa shape index (κ2) is 7.14. The largest absolute Gasteiger partial charge is 0.503 e. The van der Waals surface area contributed by atoms with Crippen LogP contribution in [-0.2, 0) is 0 Å². The van der Waals surface area contributed by atoms with Crippen molar-refractivity contribution in [2.24, 2.45) is 5.73 Å². The Morgan fingerprint density at radius 1 is 1.47 bits per heavy atom. The van der Waals surface area contributed by atoms with Gasteiger partial charge in [0.2, 0.25) is 0 Å². The van der Waals surface area contributed by atoms with E-state index in [-0.39, 0.29) is 24.2 Å². The molecule has 0 aliphatic rings. The number of hydrogen-bond acceptors (Lipinski definition) is 4. The van der Waals surface area contributed by atoms with Crippen molar-refractivity contribution in [3.8, 4) is 11.5 Å². The molecule has 1 heterocycles. The molecule has 0 amide bonds. The zero-order valence-electron chi connectivity index (χ0n) is 10.3. The third kappa shape index (κ3) is 3.63. The number of nitrogens with two attached hydrogens (primary N) is 1. The first-order valence-corrected chi connectivity index (χ1v) is 7.25. The van der Waals surface area contributed by atoms with Gasteiger partial charge in [-0.2, -0.15) is 0 Å². The van der Waals surface area contributed by atoms with Crippen molar-refractivity contribution in [2.75, 3.05) is 6.61 Å². The van der Waals surface area contributed by atoms with E-state index >= 15 is 0 Å². The normalized spacial score (nSPS) is 11.7. The van der Waals surface area contributed by atoms with Crippen LogP contribution >= 0.6 is 39.7 Å². The third-order valence-electron chi connectivity index (χ3n) is 2.56. The van der Waals surface area contributed by atoms with E-state index in [1.54, 1.807) is 17.4 Å². The lowest BCUT2D eigenvalue weighted by Crippen LogP contribution is -2.10. The predicted molar refractivity (Wildman–Crippen MR) is 84.6 cm³/mol. The Morgan fingerprint density at radius 2 is 2.21 bits per heavy atom. The van der Waals surface area contributed by atoms with E-state index in [1.165, 1.54) is 0 Å². The zero-order chi connectivity index (χ0) is 13.1. The molecule has 104 valence electrons. The van der Waals surface area contributed by atoms with Gasteiger partial charge in [-0.15, -0.1) is 23.7 Å². The Hall–Kier alpha value is -0.750. The number of hydrogen-bond donors (Lipinski definition) is 2. The van der Waals surface area contributed by atoms with Crippen molar-refractivity contribution in [3.63, 3.8) is 0 Å². The Kier molecular flexibility index (Phi) is 6.13. The second-order valence-corrected chi connectivity index (χ2v) is 5.61. The molecule has 0 bridgehead atoms. The van der Waals surface area contributed by atoms with E-state index in [0.29, 0.717) is 16.8 Å². The molecule has 0 fully saturated rings. The smallest absolute Gasteiger partial charge is 0.172 e. The van der Waals surface area contributed by atoms with Crippen LogP contribution in [0.5, 0.6) is 11.5 Å². The summed E-state index contributed by atoms with van der Waals surface area (Å²) in [5.41, 5.74) is 7.11. The molecule has 0 saturated carbocycles. The summed E-state index contributed by atoms with van der Waals surface area (Å²) in [7, 11) is 0. The SMILES string of the molecule is CCOc1cc([C@@H](N)c2cccs2)cc(Br)c1O.Cl. The van der Waals surface area contributed by atoms with Crippen molar-refractivity contribution in [3.05, 3.63) is 44.6 Å².